The lowest BCUT2D eigenvalue weighted by Crippen LogP contribution is -2.00. The minimum atomic E-state index is -0.493. The third kappa shape index (κ3) is 3.53. The van der Waals surface area contributed by atoms with Crippen molar-refractivity contribution in [3.63, 3.8) is 0 Å². The summed E-state index contributed by atoms with van der Waals surface area (Å²) in [6.07, 6.45) is 1.07. The van der Waals surface area contributed by atoms with Gasteiger partial charge in [-0.2, -0.15) is 16.7 Å². The van der Waals surface area contributed by atoms with Gasteiger partial charge in [-0.15, -0.1) is 0 Å². The maximum Gasteiger partial charge on any atom is 0.293 e. The second kappa shape index (κ2) is 6.60. The van der Waals surface area contributed by atoms with Crippen LogP contribution < -0.4 is 0 Å². The Morgan fingerprint density at radius 2 is 2.00 bits per heavy atom. The number of benzene rings is 1. The molecule has 1 atom stereocenters. The van der Waals surface area contributed by atoms with E-state index in [2.05, 4.69) is 10.1 Å². The Morgan fingerprint density at radius 1 is 1.14 bits per heavy atom. The number of aliphatic hydroxyl groups is 1. The zero-order valence-electron chi connectivity index (χ0n) is 11.2. The van der Waals surface area contributed by atoms with Crippen LogP contribution in [0.2, 0.25) is 0 Å². The molecule has 0 fully saturated rings. The summed E-state index contributed by atoms with van der Waals surface area (Å²) < 4.78 is 10.3. The van der Waals surface area contributed by atoms with E-state index in [1.54, 1.807) is 30.2 Å². The fourth-order valence-electron chi connectivity index (χ4n) is 1.85. The second-order valence-corrected chi connectivity index (χ2v) is 5.46. The molecule has 2 aromatic heterocycles. The van der Waals surface area contributed by atoms with Gasteiger partial charge in [0.05, 0.1) is 18.1 Å². The molecule has 0 saturated carbocycles. The van der Waals surface area contributed by atoms with E-state index < -0.39 is 6.10 Å². The third-order valence-electron chi connectivity index (χ3n) is 2.89. The molecule has 0 radical (unpaired) electrons. The first-order valence-electron chi connectivity index (χ1n) is 6.50. The first-order chi connectivity index (χ1) is 10.3. The van der Waals surface area contributed by atoms with Gasteiger partial charge < -0.3 is 14.0 Å². The molecule has 1 aromatic carbocycles. The molecule has 0 saturated heterocycles. The van der Waals surface area contributed by atoms with E-state index in [4.69, 9.17) is 8.94 Å². The van der Waals surface area contributed by atoms with Crippen LogP contribution in [-0.2, 0) is 5.75 Å². The van der Waals surface area contributed by atoms with Gasteiger partial charge in [0.25, 0.3) is 5.89 Å². The summed E-state index contributed by atoms with van der Waals surface area (Å²) in [6, 6.07) is 13.1. The fourth-order valence-corrected chi connectivity index (χ4v) is 2.68. The molecular weight excluding hydrogens is 288 g/mol. The molecule has 0 aliphatic rings. The second-order valence-electron chi connectivity index (χ2n) is 4.43. The largest absolute Gasteiger partial charge is 0.459 e. The highest BCUT2D eigenvalue weighted by molar-refractivity contribution is 7.98. The van der Waals surface area contributed by atoms with Gasteiger partial charge in [0, 0.05) is 5.75 Å². The summed E-state index contributed by atoms with van der Waals surface area (Å²) in [4.78, 5) is 4.25. The summed E-state index contributed by atoms with van der Waals surface area (Å²) in [7, 11) is 0. The zero-order chi connectivity index (χ0) is 14.5. The van der Waals surface area contributed by atoms with Crippen molar-refractivity contribution >= 4 is 11.8 Å². The SMILES string of the molecule is O[C@H](CSCc1noc(-c2ccco2)n1)c1ccccc1. The number of nitrogens with zero attached hydrogens (tertiary/aromatic N) is 2. The van der Waals surface area contributed by atoms with Crippen molar-refractivity contribution in [2.75, 3.05) is 5.75 Å². The minimum absolute atomic E-state index is 0.374. The monoisotopic (exact) mass is 302 g/mol. The number of hydrogen-bond donors (Lipinski definition) is 1. The van der Waals surface area contributed by atoms with Crippen molar-refractivity contribution in [3.05, 3.63) is 60.1 Å². The number of aromatic nitrogens is 2. The van der Waals surface area contributed by atoms with Crippen molar-refractivity contribution in [1.29, 1.82) is 0 Å². The molecule has 0 bridgehead atoms. The molecule has 2 heterocycles. The minimum Gasteiger partial charge on any atom is -0.459 e. The first-order valence-corrected chi connectivity index (χ1v) is 7.65. The molecule has 3 rings (SSSR count). The highest BCUT2D eigenvalue weighted by Gasteiger charge is 2.12. The van der Waals surface area contributed by atoms with Gasteiger partial charge in [-0.05, 0) is 17.7 Å². The Labute approximate surface area is 126 Å². The molecule has 5 nitrogen and oxygen atoms in total. The van der Waals surface area contributed by atoms with Crippen molar-refractivity contribution in [1.82, 2.24) is 10.1 Å². The van der Waals surface area contributed by atoms with Crippen molar-refractivity contribution < 1.29 is 14.0 Å². The average molecular weight is 302 g/mol. The molecule has 3 aromatic rings. The molecule has 108 valence electrons. The molecule has 0 aliphatic carbocycles. The zero-order valence-corrected chi connectivity index (χ0v) is 12.0. The Kier molecular flexibility index (Phi) is 4.37. The van der Waals surface area contributed by atoms with Crippen LogP contribution in [0.5, 0.6) is 0 Å². The number of aliphatic hydroxyl groups excluding tert-OH is 1. The van der Waals surface area contributed by atoms with Gasteiger partial charge in [-0.3, -0.25) is 0 Å². The summed E-state index contributed by atoms with van der Waals surface area (Å²) in [5, 5.41) is 13.9. The highest BCUT2D eigenvalue weighted by atomic mass is 32.2. The molecule has 1 N–H and O–H groups in total. The maximum absolute atomic E-state index is 10.1. The topological polar surface area (TPSA) is 72.3 Å². The van der Waals surface area contributed by atoms with E-state index in [1.165, 1.54) is 0 Å². The van der Waals surface area contributed by atoms with Crippen LogP contribution >= 0.6 is 11.8 Å². The number of furan rings is 1. The van der Waals surface area contributed by atoms with E-state index in [0.29, 0.717) is 29.0 Å². The van der Waals surface area contributed by atoms with E-state index in [0.717, 1.165) is 5.56 Å². The van der Waals surface area contributed by atoms with Crippen molar-refractivity contribution in [2.24, 2.45) is 0 Å². The summed E-state index contributed by atoms with van der Waals surface area (Å²) in [6.45, 7) is 0. The number of hydrogen-bond acceptors (Lipinski definition) is 6. The smallest absolute Gasteiger partial charge is 0.293 e. The van der Waals surface area contributed by atoms with Gasteiger partial charge >= 0.3 is 0 Å². The fraction of sp³-hybridized carbons (Fsp3) is 0.200. The van der Waals surface area contributed by atoms with Crippen molar-refractivity contribution in [2.45, 2.75) is 11.9 Å². The average Bonchev–Trinajstić information content (AvgIpc) is 3.19. The van der Waals surface area contributed by atoms with Crippen molar-refractivity contribution in [3.8, 4) is 11.7 Å². The van der Waals surface area contributed by atoms with E-state index >= 15 is 0 Å². The Bertz CT molecular complexity index is 667. The third-order valence-corrected chi connectivity index (χ3v) is 3.91. The molecule has 6 heteroatoms. The summed E-state index contributed by atoms with van der Waals surface area (Å²) >= 11 is 1.55. The van der Waals surface area contributed by atoms with Gasteiger partial charge in [-0.25, -0.2) is 0 Å². The quantitative estimate of drug-likeness (QED) is 0.753. The normalized spacial score (nSPS) is 12.4. The lowest BCUT2D eigenvalue weighted by atomic mass is 10.1. The van der Waals surface area contributed by atoms with E-state index in [1.807, 2.05) is 30.3 Å². The standard InChI is InChI=1S/C15H14N2O3S/c18-12(11-5-2-1-3-6-11)9-21-10-14-16-15(20-17-14)13-7-4-8-19-13/h1-8,12,18H,9-10H2/t12-/m1/s1. The highest BCUT2D eigenvalue weighted by Crippen LogP contribution is 2.22. The van der Waals surface area contributed by atoms with Crippen LogP contribution in [0.1, 0.15) is 17.5 Å². The molecule has 0 spiro atoms. The molecule has 0 amide bonds. The van der Waals surface area contributed by atoms with Gasteiger partial charge in [0.2, 0.25) is 0 Å². The van der Waals surface area contributed by atoms with Crippen LogP contribution in [0, 0.1) is 0 Å². The Balaban J connectivity index is 1.52. The predicted octanol–water partition coefficient (Wildman–Crippen LogP) is 3.30. The molecular formula is C15H14N2O3S. The lowest BCUT2D eigenvalue weighted by Gasteiger charge is -2.09. The molecule has 0 aliphatic heterocycles. The number of rotatable bonds is 6. The summed E-state index contributed by atoms with van der Waals surface area (Å²) in [5.41, 5.74) is 0.911. The van der Waals surface area contributed by atoms with Crippen LogP contribution in [0.25, 0.3) is 11.7 Å². The molecule has 0 unspecified atom stereocenters. The first kappa shape index (κ1) is 13.9. The van der Waals surface area contributed by atoms with Crippen LogP contribution in [-0.4, -0.2) is 21.0 Å². The Hall–Kier alpha value is -2.05. The van der Waals surface area contributed by atoms with Crippen LogP contribution in [0.3, 0.4) is 0 Å². The number of thioether (sulfide) groups is 1. The van der Waals surface area contributed by atoms with Crippen LogP contribution in [0.4, 0.5) is 0 Å². The molecule has 21 heavy (non-hydrogen) atoms. The van der Waals surface area contributed by atoms with Gasteiger partial charge in [0.1, 0.15) is 0 Å². The predicted molar refractivity (Wildman–Crippen MR) is 79.6 cm³/mol. The maximum atomic E-state index is 10.1. The van der Waals surface area contributed by atoms with E-state index in [-0.39, 0.29) is 0 Å². The lowest BCUT2D eigenvalue weighted by molar-refractivity contribution is 0.204. The van der Waals surface area contributed by atoms with Gasteiger partial charge in [0.15, 0.2) is 11.6 Å². The van der Waals surface area contributed by atoms with E-state index in [9.17, 15) is 5.11 Å². The Morgan fingerprint density at radius 3 is 2.76 bits per heavy atom. The van der Waals surface area contributed by atoms with Gasteiger partial charge in [-0.1, -0.05) is 35.5 Å². The van der Waals surface area contributed by atoms with Crippen LogP contribution in [0.15, 0.2) is 57.7 Å². The summed E-state index contributed by atoms with van der Waals surface area (Å²) in [5.74, 6) is 2.68.